The first-order valence-electron chi connectivity index (χ1n) is 18.4. The molecule has 0 heterocycles. The zero-order valence-corrected chi connectivity index (χ0v) is 40.3. The SMILES string of the molecule is CN(CCC(=O)O)C1C(O)(N(C)CCC(=O)O)C(O)C1(O)N(C)CCC(=O)O.CN(CCC(=O)O)C1C(O)C(N(C)CCC(=O)O)C(O)C(N(C)CCC(=O)O)C1O.[Ho].[Ho].[Ho]. The van der Waals surface area contributed by atoms with Crippen LogP contribution in [0, 0.1) is 113 Å². The Hall–Kier alpha value is 0.119. The molecule has 2 aliphatic rings. The molecular weight excluding hydrogens is 1280 g/mol. The summed E-state index contributed by atoms with van der Waals surface area (Å²) in [6, 6.07) is -4.10. The van der Waals surface area contributed by atoms with Gasteiger partial charge in [0.15, 0.2) is 11.4 Å². The second-order valence-electron chi connectivity index (χ2n) is 14.9. The Bertz CT molecular complexity index is 1300. The maximum absolute atomic E-state index is 11.1. The van der Waals surface area contributed by atoms with Crippen LogP contribution in [0.2, 0.25) is 0 Å². The topological polar surface area (TPSA) is 365 Å². The molecule has 2 rings (SSSR count). The van der Waals surface area contributed by atoms with Gasteiger partial charge in [-0.3, -0.25) is 58.2 Å². The van der Waals surface area contributed by atoms with Crippen molar-refractivity contribution in [3.8, 4) is 0 Å². The standard InChI is InChI=1S/C18H33N3O9.C16H29N3O9.3Ho/c1-19(7-4-10(22)23)13-16(28)14(20(2)8-5-11(24)25)18(30)15(17(13)29)21(3)9-6-12(26)27;1-17(7-4-10(20)21)13-15(27,18(2)8-5-11(22)23)14(26)16(13,28)19(3)9-6-12(24)25;;;/h13-18,28-30H,4-9H2,1-3H3,(H,22,23)(H,24,25)(H,26,27);13-14,26-28H,4-9H2,1-3H3,(H,20,21)(H,22,23)(H,24,25);;;. The molecule has 12 N–H and O–H groups in total. The van der Waals surface area contributed by atoms with E-state index in [0.717, 1.165) is 0 Å². The van der Waals surface area contributed by atoms with E-state index in [0.29, 0.717) is 0 Å². The third-order valence-electron chi connectivity index (χ3n) is 10.9. The van der Waals surface area contributed by atoms with Crippen molar-refractivity contribution < 1.29 is 203 Å². The first-order chi connectivity index (χ1) is 26.7. The number of hydrogen-bond acceptors (Lipinski definition) is 18. The number of aliphatic hydroxyl groups is 6. The minimum Gasteiger partial charge on any atom is -0.481 e. The summed E-state index contributed by atoms with van der Waals surface area (Å²) in [6.45, 7) is -0.261. The fourth-order valence-electron chi connectivity index (χ4n) is 7.64. The van der Waals surface area contributed by atoms with Crippen molar-refractivity contribution in [3.63, 3.8) is 0 Å². The van der Waals surface area contributed by atoms with E-state index >= 15 is 0 Å². The number of nitrogens with zero attached hydrogens (tertiary/aromatic N) is 6. The molecule has 0 amide bonds. The molecule has 2 saturated carbocycles. The number of carbonyl (C=O) groups is 6. The summed E-state index contributed by atoms with van der Waals surface area (Å²) in [5.41, 5.74) is -4.15. The van der Waals surface area contributed by atoms with Crippen LogP contribution in [0.4, 0.5) is 0 Å². The molecule has 2 unspecified atom stereocenters. The first kappa shape index (κ1) is 65.4. The number of aliphatic hydroxyl groups excluding tert-OH is 4. The summed E-state index contributed by atoms with van der Waals surface area (Å²) in [7, 11) is 8.83. The van der Waals surface area contributed by atoms with Gasteiger partial charge < -0.3 is 61.3 Å². The van der Waals surface area contributed by atoms with Crippen molar-refractivity contribution in [2.45, 2.75) is 98.6 Å². The molecule has 24 nitrogen and oxygen atoms in total. The monoisotopic (exact) mass is 1340 g/mol. The van der Waals surface area contributed by atoms with Crippen LogP contribution in [0.25, 0.3) is 0 Å². The van der Waals surface area contributed by atoms with Crippen molar-refractivity contribution in [2.24, 2.45) is 0 Å². The normalized spacial score (nSPS) is 28.2. The molecule has 2 aliphatic carbocycles. The van der Waals surface area contributed by atoms with Crippen LogP contribution in [0.5, 0.6) is 0 Å². The van der Waals surface area contributed by atoms with Gasteiger partial charge in [-0.05, 0) is 42.3 Å². The largest absolute Gasteiger partial charge is 0.481 e. The van der Waals surface area contributed by atoms with E-state index < -0.39 is 95.8 Å². The molecule has 369 valence electrons. The van der Waals surface area contributed by atoms with Crippen molar-refractivity contribution >= 4 is 35.8 Å². The fourth-order valence-corrected chi connectivity index (χ4v) is 7.64. The van der Waals surface area contributed by atoms with Gasteiger partial charge in [-0.1, -0.05) is 0 Å². The number of aliphatic carboxylic acids is 6. The molecule has 0 aromatic rings. The van der Waals surface area contributed by atoms with Gasteiger partial charge in [0.2, 0.25) is 0 Å². The number of carboxylic acids is 6. The minimum atomic E-state index is -2.07. The van der Waals surface area contributed by atoms with E-state index in [2.05, 4.69) is 0 Å². The molecule has 27 heteroatoms. The van der Waals surface area contributed by atoms with Crippen molar-refractivity contribution in [1.82, 2.24) is 29.4 Å². The van der Waals surface area contributed by atoms with E-state index in [1.165, 1.54) is 50.5 Å². The maximum atomic E-state index is 11.1. The zero-order valence-electron chi connectivity index (χ0n) is 34.5. The first-order valence-corrected chi connectivity index (χ1v) is 18.4. The van der Waals surface area contributed by atoms with Gasteiger partial charge in [-0.15, -0.1) is 0 Å². The average Bonchev–Trinajstić information content (AvgIpc) is 3.12. The Balaban J connectivity index is -0.00000105. The Morgan fingerprint density at radius 1 is 0.393 bits per heavy atom. The van der Waals surface area contributed by atoms with Crippen LogP contribution in [0.15, 0.2) is 0 Å². The number of hydrogen-bond donors (Lipinski definition) is 12. The molecule has 0 bridgehead atoms. The van der Waals surface area contributed by atoms with Crippen molar-refractivity contribution in [1.29, 1.82) is 0 Å². The molecule has 2 atom stereocenters. The summed E-state index contributed by atoms with van der Waals surface area (Å²) in [4.78, 5) is 73.5. The van der Waals surface area contributed by atoms with E-state index in [9.17, 15) is 59.4 Å². The number of carboxylic acid groups (broad SMARTS) is 6. The van der Waals surface area contributed by atoms with E-state index in [-0.39, 0.29) is 191 Å². The van der Waals surface area contributed by atoms with E-state index in [1.54, 1.807) is 21.1 Å². The quantitative estimate of drug-likeness (QED) is 0.0317. The van der Waals surface area contributed by atoms with E-state index in [1.807, 2.05) is 0 Å². The third kappa shape index (κ3) is 18.0. The number of rotatable bonds is 24. The Kier molecular flexibility index (Phi) is 31.8. The van der Waals surface area contributed by atoms with E-state index in [4.69, 9.17) is 30.6 Å². The summed E-state index contributed by atoms with van der Waals surface area (Å²) >= 11 is 0. The summed E-state index contributed by atoms with van der Waals surface area (Å²) in [5, 5.41) is 119. The smallest absolute Gasteiger partial charge is 0.304 e. The van der Waals surface area contributed by atoms with Crippen LogP contribution in [-0.2, 0) is 28.8 Å². The number of likely N-dealkylation sites (N-methyl/N-ethyl adjacent to an activating group) is 6. The molecule has 0 aromatic heterocycles. The van der Waals surface area contributed by atoms with Crippen LogP contribution < -0.4 is 0 Å². The molecule has 0 aliphatic heterocycles. The van der Waals surface area contributed by atoms with Gasteiger partial charge in [0.1, 0.15) is 12.1 Å². The molecule has 0 spiro atoms. The average molecular weight is 1340 g/mol. The molecule has 2 fully saturated rings. The van der Waals surface area contributed by atoms with Gasteiger partial charge in [-0.2, -0.15) is 0 Å². The van der Waals surface area contributed by atoms with Gasteiger partial charge in [-0.25, -0.2) is 0 Å². The van der Waals surface area contributed by atoms with Crippen LogP contribution in [-0.4, -0.2) is 268 Å². The predicted octanol–water partition coefficient (Wildman–Crippen LogP) is -5.27. The van der Waals surface area contributed by atoms with Gasteiger partial charge in [0.05, 0.1) is 75.0 Å². The molecule has 61 heavy (non-hydrogen) atoms. The van der Waals surface area contributed by atoms with Gasteiger partial charge >= 0.3 is 35.8 Å². The van der Waals surface area contributed by atoms with Crippen LogP contribution >= 0.6 is 0 Å². The second-order valence-corrected chi connectivity index (χ2v) is 14.9. The third-order valence-corrected chi connectivity index (χ3v) is 10.9. The Morgan fingerprint density at radius 2 is 0.590 bits per heavy atom. The summed E-state index contributed by atoms with van der Waals surface area (Å²) < 4.78 is 0. The maximum Gasteiger partial charge on any atom is 0.304 e. The van der Waals surface area contributed by atoms with Gasteiger partial charge in [0.25, 0.3) is 0 Å². The Labute approximate surface area is 443 Å². The molecule has 0 aromatic carbocycles. The predicted molar refractivity (Wildman–Crippen MR) is 198 cm³/mol. The van der Waals surface area contributed by atoms with Crippen LogP contribution in [0.3, 0.4) is 0 Å². The Morgan fingerprint density at radius 3 is 0.803 bits per heavy atom. The summed E-state index contributed by atoms with van der Waals surface area (Å²) in [5.74, 6) is -6.48. The van der Waals surface area contributed by atoms with Gasteiger partial charge in [0, 0.05) is 152 Å². The molecular formula is C34H62Ho3N6O18. The summed E-state index contributed by atoms with van der Waals surface area (Å²) in [6.07, 6.45) is -7.35. The van der Waals surface area contributed by atoms with Crippen LogP contribution in [0.1, 0.15) is 38.5 Å². The van der Waals surface area contributed by atoms with Crippen molar-refractivity contribution in [2.75, 3.05) is 81.6 Å². The second kappa shape index (κ2) is 29.7. The minimum absolute atomic E-state index is 0. The zero-order chi connectivity index (χ0) is 45.0. The molecule has 3 radical (unpaired) electrons. The molecule has 0 saturated heterocycles. The fraction of sp³-hybridized carbons (Fsp3) is 0.824. The van der Waals surface area contributed by atoms with Crippen molar-refractivity contribution in [3.05, 3.63) is 0 Å².